The van der Waals surface area contributed by atoms with Gasteiger partial charge in [0.1, 0.15) is 5.69 Å². The van der Waals surface area contributed by atoms with E-state index < -0.39 is 0 Å². The number of allylic oxidation sites excluding steroid dienone is 3. The van der Waals surface area contributed by atoms with Gasteiger partial charge >= 0.3 is 0 Å². The Morgan fingerprint density at radius 2 is 1.83 bits per heavy atom. The molecular formula is C7H5N5. The molecule has 0 N–H and O–H groups in total. The van der Waals surface area contributed by atoms with E-state index in [-0.39, 0.29) is 0 Å². The number of nitrogens with zero attached hydrogens (tertiary/aromatic N) is 5. The average molecular weight is 159 g/mol. The van der Waals surface area contributed by atoms with Gasteiger partial charge in [0.2, 0.25) is 5.82 Å². The van der Waals surface area contributed by atoms with Crippen LogP contribution in [-0.2, 0) is 0 Å². The molecule has 0 aromatic carbocycles. The minimum Gasteiger partial charge on any atom is -0.234 e. The van der Waals surface area contributed by atoms with Crippen LogP contribution in [0.25, 0.3) is 6.08 Å². The number of rotatable bonds is 0. The Balaban J connectivity index is 2.54. The summed E-state index contributed by atoms with van der Waals surface area (Å²) in [6.07, 6.45) is 8.93. The van der Waals surface area contributed by atoms with Crippen LogP contribution in [0.15, 0.2) is 23.2 Å². The second-order valence-corrected chi connectivity index (χ2v) is 2.11. The van der Waals surface area contributed by atoms with Crippen molar-refractivity contribution in [3.05, 3.63) is 23.9 Å². The molecule has 2 rings (SSSR count). The van der Waals surface area contributed by atoms with E-state index in [1.54, 1.807) is 12.3 Å². The lowest BCUT2D eigenvalue weighted by Crippen LogP contribution is -1.94. The fourth-order valence-corrected chi connectivity index (χ4v) is 0.800. The van der Waals surface area contributed by atoms with Crippen molar-refractivity contribution < 1.29 is 0 Å². The zero-order valence-electron chi connectivity index (χ0n) is 6.12. The molecule has 1 aromatic heterocycles. The Morgan fingerprint density at radius 3 is 2.83 bits per heavy atom. The van der Waals surface area contributed by atoms with Crippen LogP contribution in [0.2, 0.25) is 0 Å². The first-order chi connectivity index (χ1) is 5.97. The largest absolute Gasteiger partial charge is 0.234 e. The van der Waals surface area contributed by atoms with Crippen molar-refractivity contribution in [3.8, 4) is 0 Å². The van der Waals surface area contributed by atoms with Crippen molar-refractivity contribution in [1.29, 1.82) is 0 Å². The highest BCUT2D eigenvalue weighted by Crippen LogP contribution is 2.12. The van der Waals surface area contributed by atoms with E-state index in [9.17, 15) is 0 Å². The molecule has 1 aromatic rings. The molecule has 58 valence electrons. The van der Waals surface area contributed by atoms with Crippen LogP contribution in [0.4, 0.5) is 5.82 Å². The summed E-state index contributed by atoms with van der Waals surface area (Å²) in [4.78, 5) is 4.01. The maximum Gasteiger partial charge on any atom is 0.204 e. The summed E-state index contributed by atoms with van der Waals surface area (Å²) in [6.45, 7) is 0. The summed E-state index contributed by atoms with van der Waals surface area (Å²) in [5, 5.41) is 14.3. The Hall–Kier alpha value is -1.91. The molecule has 1 aliphatic heterocycles. The van der Waals surface area contributed by atoms with Gasteiger partial charge in [-0.15, -0.1) is 10.2 Å². The normalized spacial score (nSPS) is 13.7. The van der Waals surface area contributed by atoms with Crippen LogP contribution in [0, 0.1) is 0 Å². The quantitative estimate of drug-likeness (QED) is 0.554. The monoisotopic (exact) mass is 159 g/mol. The van der Waals surface area contributed by atoms with E-state index in [1.807, 2.05) is 18.2 Å². The van der Waals surface area contributed by atoms with E-state index >= 15 is 0 Å². The van der Waals surface area contributed by atoms with Crippen LogP contribution in [0.1, 0.15) is 5.69 Å². The van der Waals surface area contributed by atoms with Gasteiger partial charge in [-0.3, -0.25) is 0 Å². The average Bonchev–Trinajstić information content (AvgIpc) is 2.06. The van der Waals surface area contributed by atoms with E-state index in [0.717, 1.165) is 0 Å². The summed E-state index contributed by atoms with van der Waals surface area (Å²) in [5.41, 5.74) is 0.630. The Kier molecular flexibility index (Phi) is 1.69. The third-order valence-electron chi connectivity index (χ3n) is 1.32. The molecule has 0 spiro atoms. The lowest BCUT2D eigenvalue weighted by Gasteiger charge is -1.94. The number of aliphatic imine (C=N–C) groups is 1. The van der Waals surface area contributed by atoms with Crippen molar-refractivity contribution in [2.24, 2.45) is 4.99 Å². The minimum atomic E-state index is 0.491. The van der Waals surface area contributed by atoms with Gasteiger partial charge in [-0.2, -0.15) is 0 Å². The van der Waals surface area contributed by atoms with Crippen LogP contribution >= 0.6 is 0 Å². The highest BCUT2D eigenvalue weighted by molar-refractivity contribution is 5.77. The molecule has 1 aliphatic rings. The van der Waals surface area contributed by atoms with Crippen LogP contribution in [-0.4, -0.2) is 26.8 Å². The third-order valence-corrected chi connectivity index (χ3v) is 1.32. The zero-order chi connectivity index (χ0) is 8.23. The van der Waals surface area contributed by atoms with Crippen LogP contribution in [0.3, 0.4) is 0 Å². The first kappa shape index (κ1) is 6.78. The molecule has 0 saturated heterocycles. The molecule has 0 fully saturated rings. The van der Waals surface area contributed by atoms with Gasteiger partial charge in [0.15, 0.2) is 0 Å². The van der Waals surface area contributed by atoms with Gasteiger partial charge in [0.25, 0.3) is 0 Å². The predicted octanol–water partition coefficient (Wildman–Crippen LogP) is 0.552. The molecule has 0 saturated carbocycles. The van der Waals surface area contributed by atoms with Crippen molar-refractivity contribution in [1.82, 2.24) is 20.6 Å². The van der Waals surface area contributed by atoms with E-state index in [1.165, 1.54) is 0 Å². The van der Waals surface area contributed by atoms with Crippen LogP contribution < -0.4 is 0 Å². The molecule has 5 nitrogen and oxygen atoms in total. The highest BCUT2D eigenvalue weighted by atomic mass is 15.4. The number of hydrogen-bond donors (Lipinski definition) is 0. The first-order valence-corrected chi connectivity index (χ1v) is 3.40. The smallest absolute Gasteiger partial charge is 0.204 e. The van der Waals surface area contributed by atoms with Gasteiger partial charge in [0, 0.05) is 6.21 Å². The second-order valence-electron chi connectivity index (χ2n) is 2.11. The maximum atomic E-state index is 4.01. The molecule has 0 unspecified atom stereocenters. The molecule has 12 heavy (non-hydrogen) atoms. The molecule has 0 radical (unpaired) electrons. The number of aromatic nitrogens is 4. The molecule has 0 aliphatic carbocycles. The maximum absolute atomic E-state index is 4.01. The zero-order valence-corrected chi connectivity index (χ0v) is 6.12. The lowest BCUT2D eigenvalue weighted by atomic mass is 10.3. The predicted molar refractivity (Wildman–Crippen MR) is 43.9 cm³/mol. The lowest BCUT2D eigenvalue weighted by molar-refractivity contribution is 0.758. The van der Waals surface area contributed by atoms with Gasteiger partial charge in [-0.1, -0.05) is 12.2 Å². The van der Waals surface area contributed by atoms with Crippen molar-refractivity contribution >= 4 is 18.1 Å². The second kappa shape index (κ2) is 3.00. The summed E-state index contributed by atoms with van der Waals surface area (Å²) in [7, 11) is 0. The standard InChI is InChI=1S/C7H5N5/c1-2-4-6-7(8-5-3-1)10-12-11-9-6/h1-5H. The highest BCUT2D eigenvalue weighted by Gasteiger charge is 2.00. The fourth-order valence-electron chi connectivity index (χ4n) is 0.800. The van der Waals surface area contributed by atoms with Gasteiger partial charge in [-0.05, 0) is 22.6 Å². The third kappa shape index (κ3) is 1.24. The van der Waals surface area contributed by atoms with Crippen LogP contribution in [0.5, 0.6) is 0 Å². The Bertz CT molecular complexity index is 331. The van der Waals surface area contributed by atoms with Gasteiger partial charge in [-0.25, -0.2) is 4.99 Å². The van der Waals surface area contributed by atoms with Crippen molar-refractivity contribution in [2.75, 3.05) is 0 Å². The van der Waals surface area contributed by atoms with E-state index in [0.29, 0.717) is 11.5 Å². The summed E-state index contributed by atoms with van der Waals surface area (Å²) in [5.74, 6) is 0.491. The molecular weight excluding hydrogens is 154 g/mol. The minimum absolute atomic E-state index is 0.491. The fraction of sp³-hybridized carbons (Fsp3) is 0. The molecule has 0 amide bonds. The van der Waals surface area contributed by atoms with Gasteiger partial charge in [0.05, 0.1) is 0 Å². The summed E-state index contributed by atoms with van der Waals surface area (Å²) >= 11 is 0. The topological polar surface area (TPSA) is 63.9 Å². The van der Waals surface area contributed by atoms with E-state index in [2.05, 4.69) is 25.6 Å². The Labute approximate surface area is 68.6 Å². The Morgan fingerprint density at radius 1 is 0.917 bits per heavy atom. The molecule has 2 heterocycles. The SMILES string of the molecule is C1=CC=Nc2nnnnc2C=C1. The molecule has 5 heteroatoms. The summed E-state index contributed by atoms with van der Waals surface area (Å²) in [6, 6.07) is 0. The number of fused-ring (bicyclic) bond motifs is 1. The molecule has 0 atom stereocenters. The number of hydrogen-bond acceptors (Lipinski definition) is 5. The molecule has 0 bridgehead atoms. The van der Waals surface area contributed by atoms with Crippen molar-refractivity contribution in [2.45, 2.75) is 0 Å². The first-order valence-electron chi connectivity index (χ1n) is 3.40. The van der Waals surface area contributed by atoms with E-state index in [4.69, 9.17) is 0 Å². The van der Waals surface area contributed by atoms with Crippen molar-refractivity contribution in [3.63, 3.8) is 0 Å². The summed E-state index contributed by atoms with van der Waals surface area (Å²) < 4.78 is 0. The van der Waals surface area contributed by atoms with Gasteiger partial charge < -0.3 is 0 Å².